The summed E-state index contributed by atoms with van der Waals surface area (Å²) in [5.41, 5.74) is -0.0758. The van der Waals surface area contributed by atoms with Gasteiger partial charge in [-0.2, -0.15) is 0 Å². The van der Waals surface area contributed by atoms with E-state index in [4.69, 9.17) is 0 Å². The van der Waals surface area contributed by atoms with E-state index in [1.165, 1.54) is 0 Å². The average molecular weight is 272 g/mol. The number of hydrogen-bond donors (Lipinski definition) is 2. The molecule has 3 atom stereocenters. The number of nitrogens with one attached hydrogen (secondary N) is 2. The molecule has 0 radical (unpaired) electrons. The summed E-state index contributed by atoms with van der Waals surface area (Å²) in [4.78, 5) is 12.0. The molecule has 6 heteroatoms. The molecule has 0 saturated carbocycles. The van der Waals surface area contributed by atoms with Crippen LogP contribution in [-0.4, -0.2) is 18.0 Å². The number of amides is 1. The predicted molar refractivity (Wildman–Crippen MR) is 65.1 cm³/mol. The SMILES string of the molecule is C[C@@H]1N[C@@H](C)C[C@@H]1C(=O)Nc1cc(F)c(F)c(F)c1. The molecule has 1 amide bonds. The van der Waals surface area contributed by atoms with E-state index < -0.39 is 17.5 Å². The number of carbonyl (C=O) groups excluding carboxylic acids is 1. The standard InChI is InChI=1S/C13H15F3N2O/c1-6-3-9(7(2)17-6)13(19)18-8-4-10(14)12(16)11(15)5-8/h4-7,9,17H,3H2,1-2H3,(H,18,19)/t6-,7-,9-/m0/s1. The van der Waals surface area contributed by atoms with Crippen molar-refractivity contribution < 1.29 is 18.0 Å². The van der Waals surface area contributed by atoms with Crippen LogP contribution in [0.4, 0.5) is 18.9 Å². The molecule has 1 aromatic carbocycles. The minimum Gasteiger partial charge on any atom is -0.326 e. The van der Waals surface area contributed by atoms with Gasteiger partial charge >= 0.3 is 0 Å². The molecule has 0 aliphatic carbocycles. The van der Waals surface area contributed by atoms with Crippen LogP contribution in [0.2, 0.25) is 0 Å². The molecule has 1 fully saturated rings. The fraction of sp³-hybridized carbons (Fsp3) is 0.462. The maximum atomic E-state index is 13.0. The zero-order chi connectivity index (χ0) is 14.2. The van der Waals surface area contributed by atoms with E-state index in [0.717, 1.165) is 12.1 Å². The molecule has 1 aliphatic rings. The molecule has 1 aliphatic heterocycles. The second-order valence-electron chi connectivity index (χ2n) is 4.94. The predicted octanol–water partition coefficient (Wildman–Crippen LogP) is 2.43. The second-order valence-corrected chi connectivity index (χ2v) is 4.94. The maximum Gasteiger partial charge on any atom is 0.229 e. The lowest BCUT2D eigenvalue weighted by Gasteiger charge is -2.15. The first-order valence-corrected chi connectivity index (χ1v) is 6.10. The largest absolute Gasteiger partial charge is 0.326 e. The Morgan fingerprint density at radius 3 is 2.32 bits per heavy atom. The van der Waals surface area contributed by atoms with Crippen LogP contribution in [0.15, 0.2) is 12.1 Å². The summed E-state index contributed by atoms with van der Waals surface area (Å²) in [7, 11) is 0. The van der Waals surface area contributed by atoms with E-state index in [0.29, 0.717) is 6.42 Å². The lowest BCUT2D eigenvalue weighted by molar-refractivity contribution is -0.120. The molecule has 0 spiro atoms. The van der Waals surface area contributed by atoms with E-state index in [1.54, 1.807) is 0 Å². The molecule has 0 aromatic heterocycles. The summed E-state index contributed by atoms with van der Waals surface area (Å²) in [6.07, 6.45) is 0.652. The van der Waals surface area contributed by atoms with Gasteiger partial charge in [0.1, 0.15) is 0 Å². The first-order valence-electron chi connectivity index (χ1n) is 6.10. The van der Waals surface area contributed by atoms with E-state index in [1.807, 2.05) is 13.8 Å². The number of benzene rings is 1. The third-order valence-corrected chi connectivity index (χ3v) is 3.35. The fourth-order valence-corrected chi connectivity index (χ4v) is 2.41. The monoisotopic (exact) mass is 272 g/mol. The maximum absolute atomic E-state index is 13.0. The Kier molecular flexibility index (Phi) is 3.80. The second kappa shape index (κ2) is 5.21. The van der Waals surface area contributed by atoms with Gasteiger partial charge < -0.3 is 10.6 Å². The zero-order valence-corrected chi connectivity index (χ0v) is 10.6. The van der Waals surface area contributed by atoms with Gasteiger partial charge in [-0.1, -0.05) is 0 Å². The average Bonchev–Trinajstić information content (AvgIpc) is 2.65. The van der Waals surface area contributed by atoms with Gasteiger partial charge in [0, 0.05) is 29.9 Å². The molecular weight excluding hydrogens is 257 g/mol. The molecule has 19 heavy (non-hydrogen) atoms. The summed E-state index contributed by atoms with van der Waals surface area (Å²) in [6, 6.07) is 1.75. The third-order valence-electron chi connectivity index (χ3n) is 3.35. The summed E-state index contributed by atoms with van der Waals surface area (Å²) < 4.78 is 38.8. The van der Waals surface area contributed by atoms with Crippen LogP contribution in [0.5, 0.6) is 0 Å². The van der Waals surface area contributed by atoms with Crippen LogP contribution in [0.1, 0.15) is 20.3 Å². The highest BCUT2D eigenvalue weighted by molar-refractivity contribution is 5.93. The van der Waals surface area contributed by atoms with Gasteiger partial charge in [-0.15, -0.1) is 0 Å². The van der Waals surface area contributed by atoms with Crippen LogP contribution in [-0.2, 0) is 4.79 Å². The Bertz CT molecular complexity index is 484. The summed E-state index contributed by atoms with van der Waals surface area (Å²) in [5.74, 6) is -4.77. The smallest absolute Gasteiger partial charge is 0.229 e. The highest BCUT2D eigenvalue weighted by atomic mass is 19.2. The van der Waals surface area contributed by atoms with Crippen molar-refractivity contribution in [1.29, 1.82) is 0 Å². The number of carbonyl (C=O) groups is 1. The van der Waals surface area contributed by atoms with Gasteiger partial charge in [0.2, 0.25) is 5.91 Å². The summed E-state index contributed by atoms with van der Waals surface area (Å²) in [6.45, 7) is 3.83. The molecular formula is C13H15F3N2O. The van der Waals surface area contributed by atoms with Gasteiger partial charge in [0.15, 0.2) is 17.5 Å². The van der Waals surface area contributed by atoms with Gasteiger partial charge in [-0.25, -0.2) is 13.2 Å². The number of halogens is 3. The van der Waals surface area contributed by atoms with E-state index in [2.05, 4.69) is 10.6 Å². The zero-order valence-electron chi connectivity index (χ0n) is 10.6. The Balaban J connectivity index is 2.11. The van der Waals surface area contributed by atoms with Crippen molar-refractivity contribution in [3.63, 3.8) is 0 Å². The van der Waals surface area contributed by atoms with Crippen LogP contribution in [0, 0.1) is 23.4 Å². The molecule has 2 rings (SSSR count). The van der Waals surface area contributed by atoms with Gasteiger partial charge in [-0.05, 0) is 20.3 Å². The molecule has 104 valence electrons. The van der Waals surface area contributed by atoms with Gasteiger partial charge in [-0.3, -0.25) is 4.79 Å². The number of hydrogen-bond acceptors (Lipinski definition) is 2. The Hall–Kier alpha value is -1.56. The quantitative estimate of drug-likeness (QED) is 0.812. The Morgan fingerprint density at radius 2 is 1.84 bits per heavy atom. The van der Waals surface area contributed by atoms with E-state index in [-0.39, 0.29) is 29.6 Å². The highest BCUT2D eigenvalue weighted by Crippen LogP contribution is 2.23. The molecule has 1 heterocycles. The van der Waals surface area contributed by atoms with Crippen molar-refractivity contribution in [3.8, 4) is 0 Å². The Labute approximate surface area is 109 Å². The van der Waals surface area contributed by atoms with Crippen LogP contribution in [0.25, 0.3) is 0 Å². The number of anilines is 1. The van der Waals surface area contributed by atoms with Crippen molar-refractivity contribution in [3.05, 3.63) is 29.6 Å². The van der Waals surface area contributed by atoms with Crippen LogP contribution >= 0.6 is 0 Å². The summed E-state index contributed by atoms with van der Waals surface area (Å²) >= 11 is 0. The highest BCUT2D eigenvalue weighted by Gasteiger charge is 2.33. The van der Waals surface area contributed by atoms with Crippen molar-refractivity contribution in [2.24, 2.45) is 5.92 Å². The first kappa shape index (κ1) is 13.9. The normalized spacial score (nSPS) is 26.5. The van der Waals surface area contributed by atoms with E-state index in [9.17, 15) is 18.0 Å². The fourth-order valence-electron chi connectivity index (χ4n) is 2.41. The van der Waals surface area contributed by atoms with Crippen LogP contribution in [0.3, 0.4) is 0 Å². The van der Waals surface area contributed by atoms with Gasteiger partial charge in [0.25, 0.3) is 0 Å². The van der Waals surface area contributed by atoms with Crippen LogP contribution < -0.4 is 10.6 Å². The summed E-state index contributed by atoms with van der Waals surface area (Å²) in [5, 5.41) is 5.61. The number of rotatable bonds is 2. The topological polar surface area (TPSA) is 41.1 Å². The molecule has 1 aromatic rings. The molecule has 3 nitrogen and oxygen atoms in total. The molecule has 0 bridgehead atoms. The molecule has 1 saturated heterocycles. The van der Waals surface area contributed by atoms with Crippen molar-refractivity contribution in [1.82, 2.24) is 5.32 Å². The van der Waals surface area contributed by atoms with Crippen molar-refractivity contribution >= 4 is 11.6 Å². The van der Waals surface area contributed by atoms with E-state index >= 15 is 0 Å². The minimum atomic E-state index is -1.54. The lowest BCUT2D eigenvalue weighted by Crippen LogP contribution is -2.32. The molecule has 0 unspecified atom stereocenters. The molecule has 2 N–H and O–H groups in total. The Morgan fingerprint density at radius 1 is 1.26 bits per heavy atom. The van der Waals surface area contributed by atoms with Gasteiger partial charge in [0.05, 0.1) is 5.92 Å². The van der Waals surface area contributed by atoms with Crippen molar-refractivity contribution in [2.45, 2.75) is 32.4 Å². The third kappa shape index (κ3) is 2.89. The lowest BCUT2D eigenvalue weighted by atomic mass is 9.99. The minimum absolute atomic E-state index is 0.00913. The van der Waals surface area contributed by atoms with Crippen molar-refractivity contribution in [2.75, 3.05) is 5.32 Å². The first-order chi connectivity index (χ1) is 8.88.